The minimum absolute atomic E-state index is 0.531. The molecular weight excluding hydrogens is 228 g/mol. The Morgan fingerprint density at radius 1 is 1.46 bits per heavy atom. The van der Waals surface area contributed by atoms with Gasteiger partial charge in [0.1, 0.15) is 0 Å². The normalized spacial score (nSPS) is 31.9. The van der Waals surface area contributed by atoms with E-state index in [1.807, 2.05) is 11.8 Å². The Morgan fingerprint density at radius 3 is 2.54 bits per heavy atom. The van der Waals surface area contributed by atoms with E-state index in [2.05, 4.69) is 0 Å². The molecule has 0 amide bonds. The van der Waals surface area contributed by atoms with Crippen LogP contribution in [0, 0.1) is 0 Å². The zero-order valence-electron chi connectivity index (χ0n) is 7.33. The van der Waals surface area contributed by atoms with Crippen molar-refractivity contribution < 1.29 is 8.42 Å². The van der Waals surface area contributed by atoms with E-state index in [0.29, 0.717) is 5.25 Å². The first kappa shape index (κ1) is 10.1. The molecule has 2 fully saturated rings. The Morgan fingerprint density at radius 2 is 2.15 bits per heavy atom. The van der Waals surface area contributed by atoms with Gasteiger partial charge in [0, 0.05) is 15.9 Å². The highest BCUT2D eigenvalue weighted by Crippen LogP contribution is 2.51. The molecule has 0 radical (unpaired) electrons. The van der Waals surface area contributed by atoms with Gasteiger partial charge in [0.05, 0.1) is 4.75 Å². The molecule has 2 nitrogen and oxygen atoms in total. The summed E-state index contributed by atoms with van der Waals surface area (Å²) >= 11 is 1.90. The van der Waals surface area contributed by atoms with E-state index in [4.69, 9.17) is 10.7 Å². The zero-order valence-corrected chi connectivity index (χ0v) is 9.72. The fourth-order valence-electron chi connectivity index (χ4n) is 1.91. The molecule has 0 bridgehead atoms. The molecule has 1 unspecified atom stereocenters. The van der Waals surface area contributed by atoms with Crippen LogP contribution < -0.4 is 0 Å². The third-order valence-electron chi connectivity index (χ3n) is 2.95. The quantitative estimate of drug-likeness (QED) is 0.711. The van der Waals surface area contributed by atoms with E-state index < -0.39 is 13.8 Å². The summed E-state index contributed by atoms with van der Waals surface area (Å²) in [6, 6.07) is 0. The minimum atomic E-state index is -3.32. The van der Waals surface area contributed by atoms with Crippen LogP contribution >= 0.6 is 22.4 Å². The Kier molecular flexibility index (Phi) is 2.58. The molecule has 2 rings (SSSR count). The summed E-state index contributed by atoms with van der Waals surface area (Å²) in [7, 11) is 2.11. The van der Waals surface area contributed by atoms with Gasteiger partial charge in [0.25, 0.3) is 0 Å². The van der Waals surface area contributed by atoms with Crippen LogP contribution in [0.3, 0.4) is 0 Å². The Bertz CT molecular complexity index is 289. The highest BCUT2D eigenvalue weighted by molar-refractivity contribution is 8.15. The van der Waals surface area contributed by atoms with Crippen LogP contribution in [0.15, 0.2) is 0 Å². The van der Waals surface area contributed by atoms with Gasteiger partial charge >= 0.3 is 0 Å². The maximum Gasteiger partial charge on any atom is 0.238 e. The maximum absolute atomic E-state index is 11.3. The smallest absolute Gasteiger partial charge is 0.212 e. The molecule has 0 aromatic heterocycles. The maximum atomic E-state index is 11.3. The van der Waals surface area contributed by atoms with E-state index in [1.165, 1.54) is 18.6 Å². The van der Waals surface area contributed by atoms with E-state index in [9.17, 15) is 8.42 Å². The summed E-state index contributed by atoms with van der Waals surface area (Å²) < 4.78 is 22.0. The topological polar surface area (TPSA) is 34.1 Å². The first-order valence-corrected chi connectivity index (χ1v) is 7.95. The van der Waals surface area contributed by atoms with Crippen LogP contribution in [-0.4, -0.2) is 24.2 Å². The molecule has 76 valence electrons. The lowest BCUT2D eigenvalue weighted by Gasteiger charge is -2.15. The van der Waals surface area contributed by atoms with Crippen molar-refractivity contribution >= 4 is 31.5 Å². The van der Waals surface area contributed by atoms with E-state index in [0.717, 1.165) is 19.3 Å². The molecule has 1 atom stereocenters. The molecule has 0 aromatic rings. The van der Waals surface area contributed by atoms with Crippen molar-refractivity contribution in [1.82, 2.24) is 0 Å². The fraction of sp³-hybridized carbons (Fsp3) is 1.00. The van der Waals surface area contributed by atoms with Gasteiger partial charge in [0.2, 0.25) is 9.05 Å². The molecule has 0 spiro atoms. The molecule has 0 N–H and O–H groups in total. The first-order chi connectivity index (χ1) is 6.04. The number of rotatable bonds is 3. The van der Waals surface area contributed by atoms with Gasteiger partial charge in [-0.3, -0.25) is 0 Å². The van der Waals surface area contributed by atoms with E-state index in [-0.39, 0.29) is 0 Å². The molecule has 2 aliphatic rings. The Labute approximate surface area is 87.8 Å². The first-order valence-electron chi connectivity index (χ1n) is 4.59. The second-order valence-corrected chi connectivity index (χ2v) is 8.33. The summed E-state index contributed by atoms with van der Waals surface area (Å²) in [4.78, 5) is 0. The lowest BCUT2D eigenvalue weighted by Crippen LogP contribution is -2.22. The van der Waals surface area contributed by atoms with Crippen LogP contribution in [0.2, 0.25) is 0 Å². The van der Waals surface area contributed by atoms with Crippen molar-refractivity contribution in [3.05, 3.63) is 0 Å². The van der Waals surface area contributed by atoms with Crippen LogP contribution in [0.1, 0.15) is 32.1 Å². The average Bonchev–Trinajstić information content (AvgIpc) is 2.59. The van der Waals surface area contributed by atoms with Crippen LogP contribution in [0.4, 0.5) is 0 Å². The standard InChI is InChI=1S/C8H13ClO2S2/c9-13(10,11)8(3-4-8)6-7-2-1-5-12-7/h7H,1-6H2. The van der Waals surface area contributed by atoms with Gasteiger partial charge in [-0.2, -0.15) is 11.8 Å². The van der Waals surface area contributed by atoms with Crippen molar-refractivity contribution in [3.63, 3.8) is 0 Å². The predicted octanol–water partition coefficient (Wildman–Crippen LogP) is 2.37. The van der Waals surface area contributed by atoms with Crippen molar-refractivity contribution in [1.29, 1.82) is 0 Å². The van der Waals surface area contributed by atoms with Crippen molar-refractivity contribution in [2.45, 2.75) is 42.1 Å². The summed E-state index contributed by atoms with van der Waals surface area (Å²) in [5.74, 6) is 1.18. The number of thioether (sulfide) groups is 1. The molecule has 13 heavy (non-hydrogen) atoms. The fourth-order valence-corrected chi connectivity index (χ4v) is 5.09. The second-order valence-electron chi connectivity index (χ2n) is 3.96. The Hall–Kier alpha value is 0.590. The van der Waals surface area contributed by atoms with Gasteiger partial charge in [-0.25, -0.2) is 8.42 Å². The lowest BCUT2D eigenvalue weighted by atomic mass is 10.1. The summed E-state index contributed by atoms with van der Waals surface area (Å²) in [6.45, 7) is 0. The summed E-state index contributed by atoms with van der Waals surface area (Å²) in [5, 5.41) is 0.538. The van der Waals surface area contributed by atoms with Crippen molar-refractivity contribution in [2.24, 2.45) is 0 Å². The molecule has 1 saturated heterocycles. The monoisotopic (exact) mass is 240 g/mol. The third-order valence-corrected chi connectivity index (χ3v) is 6.94. The van der Waals surface area contributed by atoms with Crippen LogP contribution in [-0.2, 0) is 9.05 Å². The molecular formula is C8H13ClO2S2. The minimum Gasteiger partial charge on any atom is -0.212 e. The molecule has 1 saturated carbocycles. The van der Waals surface area contributed by atoms with E-state index >= 15 is 0 Å². The van der Waals surface area contributed by atoms with Gasteiger partial charge in [-0.05, 0) is 37.9 Å². The van der Waals surface area contributed by atoms with Crippen LogP contribution in [0.5, 0.6) is 0 Å². The molecule has 5 heteroatoms. The van der Waals surface area contributed by atoms with Gasteiger partial charge in [0.15, 0.2) is 0 Å². The lowest BCUT2D eigenvalue weighted by molar-refractivity contribution is 0.575. The average molecular weight is 241 g/mol. The summed E-state index contributed by atoms with van der Waals surface area (Å²) in [6.07, 6.45) is 4.72. The predicted molar refractivity (Wildman–Crippen MR) is 56.8 cm³/mol. The Balaban J connectivity index is 2.01. The SMILES string of the molecule is O=S(=O)(Cl)C1(CC2CCCS2)CC1. The zero-order chi connectivity index (χ0) is 9.53. The van der Waals surface area contributed by atoms with E-state index in [1.54, 1.807) is 0 Å². The van der Waals surface area contributed by atoms with Crippen molar-refractivity contribution in [3.8, 4) is 0 Å². The second kappa shape index (κ2) is 3.31. The molecule has 1 aliphatic heterocycles. The number of hydrogen-bond donors (Lipinski definition) is 0. The molecule has 1 heterocycles. The van der Waals surface area contributed by atoms with Crippen molar-refractivity contribution in [2.75, 3.05) is 5.75 Å². The molecule has 0 aromatic carbocycles. The van der Waals surface area contributed by atoms with Gasteiger partial charge < -0.3 is 0 Å². The van der Waals surface area contributed by atoms with Gasteiger partial charge in [-0.15, -0.1) is 0 Å². The molecule has 1 aliphatic carbocycles. The number of halogens is 1. The third kappa shape index (κ3) is 2.00. The van der Waals surface area contributed by atoms with Crippen LogP contribution in [0.25, 0.3) is 0 Å². The van der Waals surface area contributed by atoms with Gasteiger partial charge in [-0.1, -0.05) is 0 Å². The number of hydrogen-bond acceptors (Lipinski definition) is 3. The highest BCUT2D eigenvalue weighted by atomic mass is 35.7. The largest absolute Gasteiger partial charge is 0.238 e. The highest BCUT2D eigenvalue weighted by Gasteiger charge is 2.54. The summed E-state index contributed by atoms with van der Waals surface area (Å²) in [5.41, 5.74) is 0.